The van der Waals surface area contributed by atoms with Crippen LogP contribution in [-0.2, 0) is 13.1 Å². The Morgan fingerprint density at radius 2 is 1.81 bits per heavy atom. The molecule has 1 fully saturated rings. The molecule has 0 spiro atoms. The number of aryl methyl sites for hydroxylation is 1. The first kappa shape index (κ1) is 17.8. The van der Waals surface area contributed by atoms with E-state index in [0.717, 1.165) is 55.3 Å². The van der Waals surface area contributed by atoms with E-state index in [1.165, 1.54) is 5.56 Å². The first-order chi connectivity index (χ1) is 13.2. The van der Waals surface area contributed by atoms with E-state index in [1.807, 2.05) is 31.2 Å². The summed E-state index contributed by atoms with van der Waals surface area (Å²) in [5.74, 6) is 1.30. The van der Waals surface area contributed by atoms with Crippen LogP contribution in [0.2, 0.25) is 0 Å². The van der Waals surface area contributed by atoms with Crippen LogP contribution in [0.5, 0.6) is 5.75 Å². The molecule has 1 saturated heterocycles. The SMILES string of the molecule is Cc1cc(CN2CCN(c3nc4ccccc4n3CCO)CC2)ccc1O. The van der Waals surface area contributed by atoms with Crippen molar-refractivity contribution in [2.45, 2.75) is 20.0 Å². The molecule has 2 N–H and O–H groups in total. The normalized spacial score (nSPS) is 15.6. The molecule has 1 aliphatic heterocycles. The van der Waals surface area contributed by atoms with Crippen LogP contribution < -0.4 is 4.90 Å². The summed E-state index contributed by atoms with van der Waals surface area (Å²) in [6.45, 7) is 7.23. The van der Waals surface area contributed by atoms with Gasteiger partial charge in [-0.2, -0.15) is 0 Å². The Bertz CT molecular complexity index is 929. The molecular formula is C21H26N4O2. The predicted molar refractivity (Wildman–Crippen MR) is 107 cm³/mol. The van der Waals surface area contributed by atoms with Crippen molar-refractivity contribution in [1.82, 2.24) is 14.5 Å². The maximum atomic E-state index is 9.69. The summed E-state index contributed by atoms with van der Waals surface area (Å²) in [5, 5.41) is 19.2. The predicted octanol–water partition coefficient (Wildman–Crippen LogP) is 2.36. The van der Waals surface area contributed by atoms with E-state index in [-0.39, 0.29) is 6.61 Å². The third kappa shape index (κ3) is 3.63. The number of aliphatic hydroxyl groups excluding tert-OH is 1. The lowest BCUT2D eigenvalue weighted by molar-refractivity contribution is 0.246. The largest absolute Gasteiger partial charge is 0.508 e. The summed E-state index contributed by atoms with van der Waals surface area (Å²) in [7, 11) is 0. The van der Waals surface area contributed by atoms with Crippen molar-refractivity contribution in [2.75, 3.05) is 37.7 Å². The summed E-state index contributed by atoms with van der Waals surface area (Å²) in [6, 6.07) is 13.9. The highest BCUT2D eigenvalue weighted by Gasteiger charge is 2.22. The zero-order valence-electron chi connectivity index (χ0n) is 15.7. The number of para-hydroxylation sites is 2. The lowest BCUT2D eigenvalue weighted by Crippen LogP contribution is -2.46. The van der Waals surface area contributed by atoms with Gasteiger partial charge in [0.2, 0.25) is 5.95 Å². The van der Waals surface area contributed by atoms with Crippen molar-refractivity contribution in [1.29, 1.82) is 0 Å². The summed E-state index contributed by atoms with van der Waals surface area (Å²) in [5.41, 5.74) is 4.20. The Balaban J connectivity index is 1.47. The molecule has 1 aliphatic rings. The van der Waals surface area contributed by atoms with Crippen LogP contribution in [0.25, 0.3) is 11.0 Å². The van der Waals surface area contributed by atoms with E-state index in [0.29, 0.717) is 12.3 Å². The number of hydrogen-bond acceptors (Lipinski definition) is 5. The minimum atomic E-state index is 0.105. The molecular weight excluding hydrogens is 340 g/mol. The first-order valence-corrected chi connectivity index (χ1v) is 9.47. The first-order valence-electron chi connectivity index (χ1n) is 9.47. The molecule has 2 aromatic carbocycles. The zero-order chi connectivity index (χ0) is 18.8. The highest BCUT2D eigenvalue weighted by atomic mass is 16.3. The number of imidazole rings is 1. The molecule has 0 amide bonds. The average Bonchev–Trinajstić information content (AvgIpc) is 3.04. The number of hydrogen-bond donors (Lipinski definition) is 2. The van der Waals surface area contributed by atoms with E-state index in [2.05, 4.69) is 26.5 Å². The molecule has 6 nitrogen and oxygen atoms in total. The highest BCUT2D eigenvalue weighted by Crippen LogP contribution is 2.24. The average molecular weight is 366 g/mol. The molecule has 1 aromatic heterocycles. The lowest BCUT2D eigenvalue weighted by Gasteiger charge is -2.35. The molecule has 0 saturated carbocycles. The Labute approximate surface area is 159 Å². The van der Waals surface area contributed by atoms with Gasteiger partial charge < -0.3 is 19.7 Å². The summed E-state index contributed by atoms with van der Waals surface area (Å²) in [4.78, 5) is 9.56. The topological polar surface area (TPSA) is 64.8 Å². The number of phenolic OH excluding ortho intramolecular Hbond substituents is 1. The number of fused-ring (bicyclic) bond motifs is 1. The van der Waals surface area contributed by atoms with E-state index in [9.17, 15) is 10.2 Å². The van der Waals surface area contributed by atoms with Gasteiger partial charge in [0, 0.05) is 39.3 Å². The van der Waals surface area contributed by atoms with E-state index >= 15 is 0 Å². The van der Waals surface area contributed by atoms with Crippen LogP contribution in [0.4, 0.5) is 5.95 Å². The van der Waals surface area contributed by atoms with Gasteiger partial charge in [-0.25, -0.2) is 4.98 Å². The molecule has 3 aromatic rings. The number of aromatic hydroxyl groups is 1. The number of aliphatic hydroxyl groups is 1. The fraction of sp³-hybridized carbons (Fsp3) is 0.381. The fourth-order valence-electron chi connectivity index (χ4n) is 3.80. The standard InChI is InChI=1S/C21H26N4O2/c1-16-14-17(6-7-20(16)27)15-23-8-10-24(11-9-23)21-22-18-4-2-3-5-19(18)25(21)12-13-26/h2-7,14,26-27H,8-13,15H2,1H3. The van der Waals surface area contributed by atoms with Crippen molar-refractivity contribution >= 4 is 17.0 Å². The number of piperazine rings is 1. The van der Waals surface area contributed by atoms with E-state index in [4.69, 9.17) is 4.98 Å². The second kappa shape index (κ2) is 7.58. The molecule has 2 heterocycles. The monoisotopic (exact) mass is 366 g/mol. The van der Waals surface area contributed by atoms with Gasteiger partial charge in [0.05, 0.1) is 17.6 Å². The third-order valence-electron chi connectivity index (χ3n) is 5.28. The van der Waals surface area contributed by atoms with Gasteiger partial charge in [-0.05, 0) is 36.2 Å². The molecule has 0 unspecified atom stereocenters. The van der Waals surface area contributed by atoms with Crippen LogP contribution in [0.3, 0.4) is 0 Å². The van der Waals surface area contributed by atoms with Crippen LogP contribution in [0.15, 0.2) is 42.5 Å². The Kier molecular flexibility index (Phi) is 5.01. The van der Waals surface area contributed by atoms with E-state index < -0.39 is 0 Å². The highest BCUT2D eigenvalue weighted by molar-refractivity contribution is 5.78. The van der Waals surface area contributed by atoms with Crippen LogP contribution >= 0.6 is 0 Å². The van der Waals surface area contributed by atoms with Crippen LogP contribution in [0.1, 0.15) is 11.1 Å². The van der Waals surface area contributed by atoms with Gasteiger partial charge in [-0.3, -0.25) is 4.90 Å². The van der Waals surface area contributed by atoms with Crippen molar-refractivity contribution < 1.29 is 10.2 Å². The molecule has 6 heteroatoms. The molecule has 0 radical (unpaired) electrons. The summed E-state index contributed by atoms with van der Waals surface area (Å²) >= 11 is 0. The van der Waals surface area contributed by atoms with Gasteiger partial charge in [-0.1, -0.05) is 24.3 Å². The second-order valence-corrected chi connectivity index (χ2v) is 7.16. The van der Waals surface area contributed by atoms with Crippen molar-refractivity contribution in [2.24, 2.45) is 0 Å². The number of anilines is 1. The molecule has 4 rings (SSSR count). The van der Waals surface area contributed by atoms with E-state index in [1.54, 1.807) is 6.07 Å². The van der Waals surface area contributed by atoms with Gasteiger partial charge in [0.25, 0.3) is 0 Å². The minimum Gasteiger partial charge on any atom is -0.508 e. The van der Waals surface area contributed by atoms with Gasteiger partial charge >= 0.3 is 0 Å². The second-order valence-electron chi connectivity index (χ2n) is 7.16. The smallest absolute Gasteiger partial charge is 0.206 e. The molecule has 0 bridgehead atoms. The number of aromatic nitrogens is 2. The Hall–Kier alpha value is -2.57. The Morgan fingerprint density at radius 3 is 2.56 bits per heavy atom. The number of benzene rings is 2. The molecule has 0 aliphatic carbocycles. The quantitative estimate of drug-likeness (QED) is 0.726. The summed E-state index contributed by atoms with van der Waals surface area (Å²) < 4.78 is 2.12. The third-order valence-corrected chi connectivity index (χ3v) is 5.28. The van der Waals surface area contributed by atoms with Gasteiger partial charge in [-0.15, -0.1) is 0 Å². The van der Waals surface area contributed by atoms with Crippen molar-refractivity contribution in [3.8, 4) is 5.75 Å². The lowest BCUT2D eigenvalue weighted by atomic mass is 10.1. The maximum Gasteiger partial charge on any atom is 0.206 e. The van der Waals surface area contributed by atoms with Gasteiger partial charge in [0.15, 0.2) is 0 Å². The van der Waals surface area contributed by atoms with Crippen molar-refractivity contribution in [3.05, 3.63) is 53.6 Å². The molecule has 142 valence electrons. The molecule has 0 atom stereocenters. The van der Waals surface area contributed by atoms with Crippen molar-refractivity contribution in [3.63, 3.8) is 0 Å². The number of nitrogens with zero attached hydrogens (tertiary/aromatic N) is 4. The zero-order valence-corrected chi connectivity index (χ0v) is 15.7. The number of phenols is 1. The minimum absolute atomic E-state index is 0.105. The maximum absolute atomic E-state index is 9.69. The molecule has 27 heavy (non-hydrogen) atoms. The number of rotatable bonds is 5. The van der Waals surface area contributed by atoms with Crippen LogP contribution in [0, 0.1) is 6.92 Å². The fourth-order valence-corrected chi connectivity index (χ4v) is 3.80. The van der Waals surface area contributed by atoms with Crippen LogP contribution in [-0.4, -0.2) is 57.4 Å². The van der Waals surface area contributed by atoms with Gasteiger partial charge in [0.1, 0.15) is 5.75 Å². The summed E-state index contributed by atoms with van der Waals surface area (Å²) in [6.07, 6.45) is 0. The Morgan fingerprint density at radius 1 is 1.04 bits per heavy atom.